The smallest absolute Gasteiger partial charge is 0.346 e. The first-order chi connectivity index (χ1) is 11.0. The van der Waals surface area contributed by atoms with E-state index in [1.807, 2.05) is 25.3 Å². The first kappa shape index (κ1) is 15.3. The van der Waals surface area contributed by atoms with Crippen LogP contribution in [0.3, 0.4) is 0 Å². The minimum atomic E-state index is -0.871. The van der Waals surface area contributed by atoms with Crippen molar-refractivity contribution in [1.29, 1.82) is 0 Å². The lowest BCUT2D eigenvalue weighted by atomic mass is 10.00. The highest BCUT2D eigenvalue weighted by atomic mass is 16.2. The largest absolute Gasteiger partial charge is 0.360 e. The SMILES string of the molecule is CCc1cccc2c(/C=N/N3C(=O)NC(C)(CC)C3=O)c[nH]c12. The molecule has 0 spiro atoms. The Morgan fingerprint density at radius 1 is 1.30 bits per heavy atom. The number of carbonyl (C=O) groups excluding carboxylic acids is 2. The zero-order chi connectivity index (χ0) is 16.6. The molecule has 2 heterocycles. The summed E-state index contributed by atoms with van der Waals surface area (Å²) in [5.41, 5.74) is 2.26. The number of hydrogen-bond donors (Lipinski definition) is 2. The minimum Gasteiger partial charge on any atom is -0.360 e. The molecule has 0 saturated carbocycles. The summed E-state index contributed by atoms with van der Waals surface area (Å²) in [7, 11) is 0. The number of carbonyl (C=O) groups is 2. The average Bonchev–Trinajstić information content (AvgIpc) is 3.06. The number of fused-ring (bicyclic) bond motifs is 1. The summed E-state index contributed by atoms with van der Waals surface area (Å²) < 4.78 is 0. The summed E-state index contributed by atoms with van der Waals surface area (Å²) >= 11 is 0. The lowest BCUT2D eigenvalue weighted by Gasteiger charge is -2.17. The Balaban J connectivity index is 1.92. The number of nitrogens with zero attached hydrogens (tertiary/aromatic N) is 2. The summed E-state index contributed by atoms with van der Waals surface area (Å²) in [6.45, 7) is 5.67. The molecule has 1 aliphatic heterocycles. The van der Waals surface area contributed by atoms with Gasteiger partial charge in [-0.3, -0.25) is 4.79 Å². The Kier molecular flexibility index (Phi) is 3.67. The molecule has 2 N–H and O–H groups in total. The molecule has 23 heavy (non-hydrogen) atoms. The number of hydrogen-bond acceptors (Lipinski definition) is 3. The van der Waals surface area contributed by atoms with Crippen molar-refractivity contribution in [3.8, 4) is 0 Å². The second-order valence-electron chi connectivity index (χ2n) is 5.91. The lowest BCUT2D eigenvalue weighted by molar-refractivity contribution is -0.130. The fraction of sp³-hybridized carbons (Fsp3) is 0.353. The highest BCUT2D eigenvalue weighted by molar-refractivity contribution is 6.08. The quantitative estimate of drug-likeness (QED) is 0.672. The summed E-state index contributed by atoms with van der Waals surface area (Å²) in [6, 6.07) is 5.58. The summed E-state index contributed by atoms with van der Waals surface area (Å²) in [6.07, 6.45) is 4.84. The topological polar surface area (TPSA) is 77.6 Å². The van der Waals surface area contributed by atoms with E-state index in [0.29, 0.717) is 6.42 Å². The van der Waals surface area contributed by atoms with Crippen molar-refractivity contribution in [3.63, 3.8) is 0 Å². The maximum atomic E-state index is 12.3. The molecule has 0 aliphatic carbocycles. The van der Waals surface area contributed by atoms with E-state index < -0.39 is 11.6 Å². The van der Waals surface area contributed by atoms with Crippen molar-refractivity contribution in [1.82, 2.24) is 15.3 Å². The average molecular weight is 312 g/mol. The van der Waals surface area contributed by atoms with Gasteiger partial charge in [-0.15, -0.1) is 5.01 Å². The fourth-order valence-corrected chi connectivity index (χ4v) is 2.77. The van der Waals surface area contributed by atoms with Crippen LogP contribution in [0.5, 0.6) is 0 Å². The van der Waals surface area contributed by atoms with Crippen molar-refractivity contribution >= 4 is 29.1 Å². The highest BCUT2D eigenvalue weighted by Crippen LogP contribution is 2.23. The number of H-pyrrole nitrogens is 1. The number of aromatic nitrogens is 1. The second kappa shape index (κ2) is 5.53. The number of urea groups is 1. The van der Waals surface area contributed by atoms with Gasteiger partial charge in [0.15, 0.2) is 0 Å². The van der Waals surface area contributed by atoms with Crippen molar-refractivity contribution in [2.24, 2.45) is 5.10 Å². The Morgan fingerprint density at radius 2 is 2.09 bits per heavy atom. The van der Waals surface area contributed by atoms with Gasteiger partial charge < -0.3 is 10.3 Å². The molecule has 0 radical (unpaired) electrons. The molecule has 120 valence electrons. The number of hydrazone groups is 1. The molecule has 6 heteroatoms. The zero-order valence-corrected chi connectivity index (χ0v) is 13.5. The van der Waals surface area contributed by atoms with E-state index in [2.05, 4.69) is 28.4 Å². The third-order valence-corrected chi connectivity index (χ3v) is 4.47. The molecule has 1 aliphatic rings. The zero-order valence-electron chi connectivity index (χ0n) is 13.5. The molecule has 1 fully saturated rings. The molecular formula is C17H20N4O2. The van der Waals surface area contributed by atoms with Crippen LogP contribution < -0.4 is 5.32 Å². The van der Waals surface area contributed by atoms with Crippen LogP contribution in [0.15, 0.2) is 29.5 Å². The Labute approximate surface area is 134 Å². The first-order valence-corrected chi connectivity index (χ1v) is 7.80. The number of imide groups is 1. The van der Waals surface area contributed by atoms with Crippen molar-refractivity contribution in [2.75, 3.05) is 0 Å². The second-order valence-corrected chi connectivity index (χ2v) is 5.91. The standard InChI is InChI=1S/C17H20N4O2/c1-4-11-7-6-8-13-12(9-18-14(11)13)10-19-21-15(22)17(3,5-2)20-16(21)23/h6-10,18H,4-5H2,1-3H3,(H,20,23)/b19-10+. The van der Waals surface area contributed by atoms with Gasteiger partial charge in [-0.1, -0.05) is 32.0 Å². The molecule has 1 aromatic carbocycles. The summed E-state index contributed by atoms with van der Waals surface area (Å²) in [5.74, 6) is -0.324. The maximum absolute atomic E-state index is 12.3. The van der Waals surface area contributed by atoms with E-state index in [0.717, 1.165) is 27.9 Å². The predicted octanol–water partition coefficient (Wildman–Crippen LogP) is 2.78. The van der Waals surface area contributed by atoms with Crippen molar-refractivity contribution in [2.45, 2.75) is 39.2 Å². The van der Waals surface area contributed by atoms with Gasteiger partial charge in [0.25, 0.3) is 5.91 Å². The molecule has 1 saturated heterocycles. The normalized spacial score (nSPS) is 21.6. The van der Waals surface area contributed by atoms with E-state index in [1.54, 1.807) is 13.1 Å². The Hall–Kier alpha value is -2.63. The van der Waals surface area contributed by atoms with Crippen LogP contribution in [0.2, 0.25) is 0 Å². The molecule has 3 amide bonds. The molecule has 0 bridgehead atoms. The van der Waals surface area contributed by atoms with Crippen LogP contribution in [-0.2, 0) is 11.2 Å². The molecule has 3 rings (SSSR count). The van der Waals surface area contributed by atoms with Gasteiger partial charge in [-0.05, 0) is 25.3 Å². The Bertz CT molecular complexity index is 808. The number of aromatic amines is 1. The first-order valence-electron chi connectivity index (χ1n) is 7.80. The molecule has 1 atom stereocenters. The van der Waals surface area contributed by atoms with E-state index in [1.165, 1.54) is 5.56 Å². The monoisotopic (exact) mass is 312 g/mol. The molecule has 1 aromatic heterocycles. The van der Waals surface area contributed by atoms with Gasteiger partial charge in [0.05, 0.1) is 6.21 Å². The molecule has 2 aromatic rings. The van der Waals surface area contributed by atoms with Gasteiger partial charge in [0.1, 0.15) is 5.54 Å². The van der Waals surface area contributed by atoms with E-state index in [4.69, 9.17) is 0 Å². The van der Waals surface area contributed by atoms with Gasteiger partial charge in [-0.25, -0.2) is 4.79 Å². The molecule has 1 unspecified atom stereocenters. The number of para-hydroxylation sites is 1. The van der Waals surface area contributed by atoms with Gasteiger partial charge in [0, 0.05) is 22.7 Å². The Morgan fingerprint density at radius 3 is 2.74 bits per heavy atom. The van der Waals surface area contributed by atoms with Crippen molar-refractivity contribution < 1.29 is 9.59 Å². The maximum Gasteiger partial charge on any atom is 0.346 e. The molecular weight excluding hydrogens is 292 g/mol. The minimum absolute atomic E-state index is 0.324. The van der Waals surface area contributed by atoms with E-state index in [-0.39, 0.29) is 5.91 Å². The predicted molar refractivity (Wildman–Crippen MR) is 89.3 cm³/mol. The van der Waals surface area contributed by atoms with Crippen LogP contribution in [0, 0.1) is 0 Å². The van der Waals surface area contributed by atoms with Crippen LogP contribution in [0.25, 0.3) is 10.9 Å². The number of rotatable bonds is 4. The third-order valence-electron chi connectivity index (χ3n) is 4.47. The van der Waals surface area contributed by atoms with E-state index >= 15 is 0 Å². The number of nitrogens with one attached hydrogen (secondary N) is 2. The fourth-order valence-electron chi connectivity index (χ4n) is 2.77. The summed E-state index contributed by atoms with van der Waals surface area (Å²) in [4.78, 5) is 27.5. The highest BCUT2D eigenvalue weighted by Gasteiger charge is 2.46. The van der Waals surface area contributed by atoms with Gasteiger partial charge >= 0.3 is 6.03 Å². The van der Waals surface area contributed by atoms with Crippen LogP contribution in [0.4, 0.5) is 4.79 Å². The van der Waals surface area contributed by atoms with Gasteiger partial charge in [0.2, 0.25) is 0 Å². The molecule has 6 nitrogen and oxygen atoms in total. The van der Waals surface area contributed by atoms with Crippen molar-refractivity contribution in [3.05, 3.63) is 35.5 Å². The van der Waals surface area contributed by atoms with Crippen LogP contribution in [-0.4, -0.2) is 33.7 Å². The number of benzene rings is 1. The number of aryl methyl sites for hydroxylation is 1. The van der Waals surface area contributed by atoms with Crippen LogP contribution in [0.1, 0.15) is 38.3 Å². The third kappa shape index (κ3) is 2.40. The van der Waals surface area contributed by atoms with Gasteiger partial charge in [-0.2, -0.15) is 5.10 Å². The lowest BCUT2D eigenvalue weighted by Crippen LogP contribution is -2.42. The van der Waals surface area contributed by atoms with E-state index in [9.17, 15) is 9.59 Å². The summed E-state index contributed by atoms with van der Waals surface area (Å²) in [5, 5.41) is 8.72. The van der Waals surface area contributed by atoms with Crippen LogP contribution >= 0.6 is 0 Å². The number of amides is 3.